The molecule has 1 fully saturated rings. The van der Waals surface area contributed by atoms with Crippen molar-refractivity contribution in [3.8, 4) is 0 Å². The van der Waals surface area contributed by atoms with Gasteiger partial charge >= 0.3 is 0 Å². The van der Waals surface area contributed by atoms with Crippen LogP contribution in [0.3, 0.4) is 0 Å². The van der Waals surface area contributed by atoms with Crippen LogP contribution in [-0.2, 0) is 20.9 Å². The van der Waals surface area contributed by atoms with Crippen LogP contribution >= 0.6 is 22.9 Å². The molecular weight excluding hydrogens is 376 g/mol. The topological polar surface area (TPSA) is 84.4 Å². The molecule has 0 spiro atoms. The number of amides is 2. The largest absolute Gasteiger partial charge is 0.374 e. The fourth-order valence-electron chi connectivity index (χ4n) is 2.64. The first kappa shape index (κ1) is 18.8. The summed E-state index contributed by atoms with van der Waals surface area (Å²) in [5.41, 5.74) is 1.64. The molecule has 0 saturated carbocycles. The average Bonchev–Trinajstić information content (AvgIpc) is 3.22. The number of carbonyl (C=O) groups excluding carboxylic acids is 2. The number of hydrogen-bond donors (Lipinski definition) is 1. The highest BCUT2D eigenvalue weighted by molar-refractivity contribution is 7.15. The van der Waals surface area contributed by atoms with Gasteiger partial charge in [-0.3, -0.25) is 9.59 Å². The zero-order chi connectivity index (χ0) is 18.7. The van der Waals surface area contributed by atoms with E-state index >= 15 is 0 Å². The van der Waals surface area contributed by atoms with Gasteiger partial charge in [-0.25, -0.2) is 0 Å². The predicted molar refractivity (Wildman–Crippen MR) is 101 cm³/mol. The van der Waals surface area contributed by atoms with Crippen molar-refractivity contribution >= 4 is 45.6 Å². The molecule has 138 valence electrons. The molecule has 3 rings (SSSR count). The molecule has 7 nitrogen and oxygen atoms in total. The van der Waals surface area contributed by atoms with Crippen LogP contribution in [0.4, 0.5) is 10.8 Å². The predicted octanol–water partition coefficient (Wildman–Crippen LogP) is 3.03. The summed E-state index contributed by atoms with van der Waals surface area (Å²) in [6.07, 6.45) is 0.155. The number of rotatable bonds is 6. The van der Waals surface area contributed by atoms with Gasteiger partial charge in [-0.1, -0.05) is 29.0 Å². The van der Waals surface area contributed by atoms with Crippen LogP contribution in [0, 0.1) is 12.8 Å². The van der Waals surface area contributed by atoms with Crippen molar-refractivity contribution in [2.75, 3.05) is 23.4 Å². The van der Waals surface area contributed by atoms with Crippen LogP contribution in [0.15, 0.2) is 18.2 Å². The molecule has 1 aromatic carbocycles. The molecule has 1 aromatic heterocycles. The van der Waals surface area contributed by atoms with Gasteiger partial charge in [-0.2, -0.15) is 0 Å². The second-order valence-corrected chi connectivity index (χ2v) is 7.44. The van der Waals surface area contributed by atoms with E-state index in [0.717, 1.165) is 5.56 Å². The van der Waals surface area contributed by atoms with E-state index in [4.69, 9.17) is 16.3 Å². The summed E-state index contributed by atoms with van der Waals surface area (Å²) in [5.74, 6) is -0.778. The molecule has 1 aliphatic rings. The van der Waals surface area contributed by atoms with E-state index < -0.39 is 5.92 Å². The lowest BCUT2D eigenvalue weighted by molar-refractivity contribution is -0.122. The molecule has 0 aliphatic carbocycles. The Labute approximate surface area is 160 Å². The fourth-order valence-corrected chi connectivity index (χ4v) is 3.50. The van der Waals surface area contributed by atoms with E-state index in [-0.39, 0.29) is 18.2 Å². The van der Waals surface area contributed by atoms with Gasteiger partial charge in [0.05, 0.1) is 5.92 Å². The third kappa shape index (κ3) is 4.20. The number of nitrogens with one attached hydrogen (secondary N) is 1. The first-order valence-corrected chi connectivity index (χ1v) is 9.45. The van der Waals surface area contributed by atoms with Crippen LogP contribution in [0.25, 0.3) is 0 Å². The molecule has 1 saturated heterocycles. The van der Waals surface area contributed by atoms with Crippen molar-refractivity contribution in [2.24, 2.45) is 5.92 Å². The Kier molecular flexibility index (Phi) is 5.85. The van der Waals surface area contributed by atoms with Crippen LogP contribution in [0.5, 0.6) is 0 Å². The molecule has 2 amide bonds. The maximum atomic E-state index is 12.5. The second-order valence-electron chi connectivity index (χ2n) is 5.97. The molecule has 26 heavy (non-hydrogen) atoms. The van der Waals surface area contributed by atoms with Crippen molar-refractivity contribution in [3.05, 3.63) is 33.8 Å². The minimum Gasteiger partial charge on any atom is -0.374 e. The fraction of sp³-hybridized carbons (Fsp3) is 0.412. The number of halogens is 1. The van der Waals surface area contributed by atoms with Crippen LogP contribution in [0.2, 0.25) is 5.02 Å². The maximum Gasteiger partial charge on any atom is 0.231 e. The number of aryl methyl sites for hydroxylation is 1. The number of aromatic nitrogens is 2. The van der Waals surface area contributed by atoms with E-state index in [1.54, 1.807) is 11.0 Å². The minimum atomic E-state index is -0.443. The molecule has 0 bridgehead atoms. The number of anilines is 2. The molecule has 1 aliphatic heterocycles. The van der Waals surface area contributed by atoms with Gasteiger partial charge in [0.2, 0.25) is 16.9 Å². The lowest BCUT2D eigenvalue weighted by atomic mass is 10.1. The normalized spacial score (nSPS) is 17.0. The average molecular weight is 395 g/mol. The summed E-state index contributed by atoms with van der Waals surface area (Å²) in [7, 11) is 0. The van der Waals surface area contributed by atoms with Gasteiger partial charge in [0.15, 0.2) is 0 Å². The number of nitrogens with zero attached hydrogens (tertiary/aromatic N) is 3. The van der Waals surface area contributed by atoms with Gasteiger partial charge in [0.1, 0.15) is 11.6 Å². The third-order valence-electron chi connectivity index (χ3n) is 4.09. The Bertz CT molecular complexity index is 826. The Balaban J connectivity index is 1.63. The number of carbonyl (C=O) groups is 2. The van der Waals surface area contributed by atoms with Gasteiger partial charge in [-0.05, 0) is 31.5 Å². The Hall–Kier alpha value is -2.03. The van der Waals surface area contributed by atoms with Crippen molar-refractivity contribution in [3.63, 3.8) is 0 Å². The molecule has 1 unspecified atom stereocenters. The quantitative estimate of drug-likeness (QED) is 0.814. The molecule has 2 aromatic rings. The zero-order valence-electron chi connectivity index (χ0n) is 14.5. The van der Waals surface area contributed by atoms with Crippen molar-refractivity contribution in [1.82, 2.24) is 10.2 Å². The van der Waals surface area contributed by atoms with Crippen molar-refractivity contribution in [2.45, 2.75) is 26.9 Å². The molecule has 9 heteroatoms. The third-order valence-corrected chi connectivity index (χ3v) is 5.31. The van der Waals surface area contributed by atoms with Gasteiger partial charge in [0, 0.05) is 30.3 Å². The van der Waals surface area contributed by atoms with E-state index in [2.05, 4.69) is 15.5 Å². The molecular formula is C17H19ClN4O3S. The number of ether oxygens (including phenoxy) is 1. The smallest absolute Gasteiger partial charge is 0.231 e. The highest BCUT2D eigenvalue weighted by Crippen LogP contribution is 2.29. The number of benzene rings is 1. The van der Waals surface area contributed by atoms with E-state index in [9.17, 15) is 9.59 Å². The van der Waals surface area contributed by atoms with Crippen LogP contribution < -0.4 is 10.2 Å². The lowest BCUT2D eigenvalue weighted by Crippen LogP contribution is -2.28. The van der Waals surface area contributed by atoms with Crippen LogP contribution in [0.1, 0.15) is 23.9 Å². The highest BCUT2D eigenvalue weighted by atomic mass is 35.5. The van der Waals surface area contributed by atoms with Gasteiger partial charge in [0.25, 0.3) is 0 Å². The molecule has 2 heterocycles. The molecule has 1 atom stereocenters. The SMILES string of the molecule is CCOCc1nnc(NC(=O)C2CC(=O)N(c3ccc(C)c(Cl)c3)C2)s1. The van der Waals surface area contributed by atoms with Gasteiger partial charge in [-0.15, -0.1) is 10.2 Å². The summed E-state index contributed by atoms with van der Waals surface area (Å²) in [4.78, 5) is 26.4. The molecule has 0 radical (unpaired) electrons. The Morgan fingerprint density at radius 3 is 3.00 bits per heavy atom. The van der Waals surface area contributed by atoms with Crippen molar-refractivity contribution in [1.29, 1.82) is 0 Å². The zero-order valence-corrected chi connectivity index (χ0v) is 16.1. The Morgan fingerprint density at radius 2 is 2.27 bits per heavy atom. The van der Waals surface area contributed by atoms with E-state index in [1.165, 1.54) is 11.3 Å². The summed E-state index contributed by atoms with van der Waals surface area (Å²) < 4.78 is 5.27. The highest BCUT2D eigenvalue weighted by Gasteiger charge is 2.35. The summed E-state index contributed by atoms with van der Waals surface area (Å²) >= 11 is 7.41. The minimum absolute atomic E-state index is 0.0978. The van der Waals surface area contributed by atoms with Crippen molar-refractivity contribution < 1.29 is 14.3 Å². The lowest BCUT2D eigenvalue weighted by Gasteiger charge is -2.17. The summed E-state index contributed by atoms with van der Waals surface area (Å²) in [5, 5.41) is 12.3. The molecule has 1 N–H and O–H groups in total. The van der Waals surface area contributed by atoms with E-state index in [0.29, 0.717) is 40.6 Å². The monoisotopic (exact) mass is 394 g/mol. The first-order valence-electron chi connectivity index (χ1n) is 8.25. The first-order chi connectivity index (χ1) is 12.5. The van der Waals surface area contributed by atoms with E-state index in [1.807, 2.05) is 26.0 Å². The standard InChI is InChI=1S/C17H19ClN4O3S/c1-3-25-9-14-20-21-17(26-14)19-16(24)11-6-15(23)22(8-11)12-5-4-10(2)13(18)7-12/h4-5,7,11H,3,6,8-9H2,1-2H3,(H,19,21,24). The van der Waals surface area contributed by atoms with Gasteiger partial charge < -0.3 is 15.0 Å². The summed E-state index contributed by atoms with van der Waals surface area (Å²) in [6, 6.07) is 5.45. The van der Waals surface area contributed by atoms with Crippen LogP contribution in [-0.4, -0.2) is 35.2 Å². The number of hydrogen-bond acceptors (Lipinski definition) is 6. The summed E-state index contributed by atoms with van der Waals surface area (Å²) in [6.45, 7) is 5.07. The Morgan fingerprint density at radius 1 is 1.46 bits per heavy atom. The maximum absolute atomic E-state index is 12.5. The second kappa shape index (κ2) is 8.11.